The van der Waals surface area contributed by atoms with Crippen LogP contribution in [0.1, 0.15) is 54.9 Å². The summed E-state index contributed by atoms with van der Waals surface area (Å²) in [6.45, 7) is 15.6. The number of hydrazine groups is 1. The van der Waals surface area contributed by atoms with E-state index in [0.29, 0.717) is 5.92 Å². The Balaban J connectivity index is -0.000000205. The Morgan fingerprint density at radius 2 is 1.81 bits per heavy atom. The molecule has 0 saturated heterocycles. The van der Waals surface area contributed by atoms with Gasteiger partial charge in [-0.1, -0.05) is 58.4 Å². The van der Waals surface area contributed by atoms with Crippen molar-refractivity contribution < 1.29 is 0 Å². The highest BCUT2D eigenvalue weighted by atomic mass is 15.2. The van der Waals surface area contributed by atoms with Crippen molar-refractivity contribution in [3.8, 4) is 0 Å². The highest BCUT2D eigenvalue weighted by Crippen LogP contribution is 2.06. The molecule has 0 aliphatic carbocycles. The molecule has 0 aromatic carbocycles. The molecule has 0 rings (SSSR count). The Morgan fingerprint density at radius 3 is 2.00 bits per heavy atom. The molecule has 0 saturated carbocycles. The lowest BCUT2D eigenvalue weighted by molar-refractivity contribution is 0.714. The number of hydrogen-bond donors (Lipinski definition) is 2. The molecule has 0 fully saturated rings. The number of rotatable bonds is 4. The largest absolute Gasteiger partial charge is 0.271 e. The van der Waals surface area contributed by atoms with Gasteiger partial charge in [0, 0.05) is 6.54 Å². The second-order valence-corrected chi connectivity index (χ2v) is 3.55. The van der Waals surface area contributed by atoms with Crippen LogP contribution in [0.4, 0.5) is 0 Å². The van der Waals surface area contributed by atoms with Crippen LogP contribution >= 0.6 is 0 Å². The van der Waals surface area contributed by atoms with Gasteiger partial charge in [0.15, 0.2) is 0 Å². The molecule has 16 heavy (non-hydrogen) atoms. The lowest BCUT2D eigenvalue weighted by Crippen LogP contribution is -2.21. The Morgan fingerprint density at radius 1 is 1.31 bits per heavy atom. The van der Waals surface area contributed by atoms with Crippen molar-refractivity contribution in [2.45, 2.75) is 54.9 Å². The maximum atomic E-state index is 4.89. The van der Waals surface area contributed by atoms with Gasteiger partial charge in [-0.15, -0.1) is 0 Å². The number of nitrogens with two attached hydrogens (primary N) is 1. The molecule has 98 valence electrons. The van der Waals surface area contributed by atoms with E-state index >= 15 is 0 Å². The third kappa shape index (κ3) is 23.3. The first kappa shape index (κ1) is 20.8. The van der Waals surface area contributed by atoms with Crippen molar-refractivity contribution in [3.05, 3.63) is 23.8 Å². The van der Waals surface area contributed by atoms with Gasteiger partial charge in [0.1, 0.15) is 0 Å². The average Bonchev–Trinajstić information content (AvgIpc) is 2.30. The third-order valence-corrected chi connectivity index (χ3v) is 1.86. The smallest absolute Gasteiger partial charge is 0.00947 e. The van der Waals surface area contributed by atoms with Crippen LogP contribution in [0.5, 0.6) is 0 Å². The van der Waals surface area contributed by atoms with Crippen LogP contribution in [-0.4, -0.2) is 6.54 Å². The van der Waals surface area contributed by atoms with Crippen LogP contribution in [0.15, 0.2) is 23.8 Å². The van der Waals surface area contributed by atoms with Crippen molar-refractivity contribution in [2.24, 2.45) is 11.8 Å². The van der Waals surface area contributed by atoms with Gasteiger partial charge in [-0.3, -0.25) is 11.3 Å². The van der Waals surface area contributed by atoms with E-state index < -0.39 is 0 Å². The monoisotopic (exact) mass is 228 g/mol. The summed E-state index contributed by atoms with van der Waals surface area (Å²) in [7, 11) is 0. The van der Waals surface area contributed by atoms with E-state index in [1.165, 1.54) is 5.57 Å². The van der Waals surface area contributed by atoms with Crippen LogP contribution in [0.25, 0.3) is 0 Å². The second-order valence-electron chi connectivity index (χ2n) is 3.55. The molecule has 0 aliphatic heterocycles. The highest BCUT2D eigenvalue weighted by Gasteiger charge is 1.91. The third-order valence-electron chi connectivity index (χ3n) is 1.86. The molecule has 0 amide bonds. The summed E-state index contributed by atoms with van der Waals surface area (Å²) in [5, 5.41) is 0. The van der Waals surface area contributed by atoms with Crippen molar-refractivity contribution in [1.29, 1.82) is 0 Å². The first-order chi connectivity index (χ1) is 7.59. The van der Waals surface area contributed by atoms with Crippen LogP contribution < -0.4 is 11.3 Å². The number of hydrogen-bond acceptors (Lipinski definition) is 2. The summed E-state index contributed by atoms with van der Waals surface area (Å²) in [5.74, 6) is 5.57. The topological polar surface area (TPSA) is 38.0 Å². The van der Waals surface area contributed by atoms with E-state index in [1.807, 2.05) is 26.8 Å². The normalized spacial score (nSPS) is 10.7. The molecule has 0 atom stereocenters. The zero-order chi connectivity index (χ0) is 13.4. The predicted octanol–water partition coefficient (Wildman–Crippen LogP) is 4.05. The lowest BCUT2D eigenvalue weighted by Gasteiger charge is -2.01. The fraction of sp³-hybridized carbons (Fsp3) is 0.714. The summed E-state index contributed by atoms with van der Waals surface area (Å²) < 4.78 is 0. The molecule has 0 spiro atoms. The highest BCUT2D eigenvalue weighted by molar-refractivity contribution is 5.11. The van der Waals surface area contributed by atoms with E-state index in [0.717, 1.165) is 13.0 Å². The second kappa shape index (κ2) is 19.9. The van der Waals surface area contributed by atoms with Crippen molar-refractivity contribution in [1.82, 2.24) is 5.43 Å². The van der Waals surface area contributed by atoms with Gasteiger partial charge in [0.25, 0.3) is 0 Å². The van der Waals surface area contributed by atoms with Gasteiger partial charge in [0.2, 0.25) is 0 Å². The Hall–Kier alpha value is -0.600. The maximum Gasteiger partial charge on any atom is 0.00947 e. The van der Waals surface area contributed by atoms with Gasteiger partial charge < -0.3 is 0 Å². The predicted molar refractivity (Wildman–Crippen MR) is 77.2 cm³/mol. The molecule has 0 radical (unpaired) electrons. The minimum atomic E-state index is 0.682. The van der Waals surface area contributed by atoms with Crippen LogP contribution in [0.3, 0.4) is 0 Å². The van der Waals surface area contributed by atoms with E-state index in [2.05, 4.69) is 45.3 Å². The van der Waals surface area contributed by atoms with Gasteiger partial charge in [0.05, 0.1) is 0 Å². The molecular weight excluding hydrogens is 196 g/mol. The molecule has 0 bridgehead atoms. The molecule has 3 N–H and O–H groups in total. The van der Waals surface area contributed by atoms with Crippen LogP contribution in [0, 0.1) is 5.92 Å². The summed E-state index contributed by atoms with van der Waals surface area (Å²) in [6.07, 6.45) is 7.39. The van der Waals surface area contributed by atoms with Crippen molar-refractivity contribution in [2.75, 3.05) is 6.54 Å². The van der Waals surface area contributed by atoms with Crippen molar-refractivity contribution in [3.63, 3.8) is 0 Å². The molecule has 2 heteroatoms. The van der Waals surface area contributed by atoms with E-state index in [4.69, 9.17) is 5.84 Å². The SMILES string of the molecule is C/C=C\C=C(/C)C(C)C.CC.CCCNN. The molecular formula is C14H32N2. The van der Waals surface area contributed by atoms with Gasteiger partial charge in [-0.25, -0.2) is 0 Å². The van der Waals surface area contributed by atoms with E-state index in [9.17, 15) is 0 Å². The fourth-order valence-electron chi connectivity index (χ4n) is 0.585. The van der Waals surface area contributed by atoms with Crippen molar-refractivity contribution >= 4 is 0 Å². The quantitative estimate of drug-likeness (QED) is 0.433. The van der Waals surface area contributed by atoms with Gasteiger partial charge >= 0.3 is 0 Å². The summed E-state index contributed by atoms with van der Waals surface area (Å²) in [5.41, 5.74) is 3.96. The molecule has 0 aliphatic rings. The molecule has 2 nitrogen and oxygen atoms in total. The molecule has 0 unspecified atom stereocenters. The minimum absolute atomic E-state index is 0.682. The first-order valence-corrected chi connectivity index (χ1v) is 6.33. The maximum absolute atomic E-state index is 4.89. The fourth-order valence-corrected chi connectivity index (χ4v) is 0.585. The van der Waals surface area contributed by atoms with Crippen LogP contribution in [0.2, 0.25) is 0 Å². The number of allylic oxidation sites excluding steroid dienone is 4. The van der Waals surface area contributed by atoms with Crippen LogP contribution in [-0.2, 0) is 0 Å². The molecule has 0 aromatic rings. The molecule has 0 heterocycles. The van der Waals surface area contributed by atoms with E-state index in [1.54, 1.807) is 0 Å². The summed E-state index contributed by atoms with van der Waals surface area (Å²) in [4.78, 5) is 0. The van der Waals surface area contributed by atoms with Gasteiger partial charge in [-0.05, 0) is 26.2 Å². The molecule has 0 aromatic heterocycles. The Labute approximate surface area is 103 Å². The number of nitrogens with one attached hydrogen (secondary N) is 1. The van der Waals surface area contributed by atoms with E-state index in [-0.39, 0.29) is 0 Å². The Kier molecular flexibility index (Phi) is 25.8. The van der Waals surface area contributed by atoms with Gasteiger partial charge in [-0.2, -0.15) is 0 Å². The first-order valence-electron chi connectivity index (χ1n) is 6.33. The standard InChI is InChI=1S/C9H16.C3H10N2.C2H6/c1-5-6-7-9(4)8(2)3;1-2-3-5-4;1-2/h5-8H,1-4H3;5H,2-4H2,1H3;1-2H3/b6-5-,9-7+;;. The zero-order valence-corrected chi connectivity index (χ0v) is 12.3. The summed E-state index contributed by atoms with van der Waals surface area (Å²) in [6, 6.07) is 0. The Bertz CT molecular complexity index is 156. The summed E-state index contributed by atoms with van der Waals surface area (Å²) >= 11 is 0. The lowest BCUT2D eigenvalue weighted by atomic mass is 10.1. The zero-order valence-electron chi connectivity index (χ0n) is 12.3. The average molecular weight is 228 g/mol. The minimum Gasteiger partial charge on any atom is -0.271 e.